The van der Waals surface area contributed by atoms with Crippen molar-refractivity contribution in [2.45, 2.75) is 19.8 Å². The lowest BCUT2D eigenvalue weighted by Crippen LogP contribution is -2.28. The fourth-order valence-corrected chi connectivity index (χ4v) is 1.71. The van der Waals surface area contributed by atoms with Gasteiger partial charge in [-0.15, -0.1) is 0 Å². The van der Waals surface area contributed by atoms with E-state index >= 15 is 0 Å². The summed E-state index contributed by atoms with van der Waals surface area (Å²) in [5, 5.41) is 3.33. The van der Waals surface area contributed by atoms with Crippen molar-refractivity contribution in [1.29, 1.82) is 0 Å². The highest BCUT2D eigenvalue weighted by Crippen LogP contribution is 2.12. The Hall–Kier alpha value is -0.870. The summed E-state index contributed by atoms with van der Waals surface area (Å²) >= 11 is 0. The van der Waals surface area contributed by atoms with Crippen LogP contribution in [0.1, 0.15) is 19.8 Å². The van der Waals surface area contributed by atoms with Crippen LogP contribution in [0.4, 0.5) is 0 Å². The summed E-state index contributed by atoms with van der Waals surface area (Å²) in [6.45, 7) is 5.24. The van der Waals surface area contributed by atoms with Gasteiger partial charge in [0, 0.05) is 25.3 Å². The summed E-state index contributed by atoms with van der Waals surface area (Å²) in [5.41, 5.74) is 0.655. The first-order chi connectivity index (χ1) is 7.74. The van der Waals surface area contributed by atoms with Gasteiger partial charge in [0.1, 0.15) is 0 Å². The molecule has 1 N–H and O–H groups in total. The van der Waals surface area contributed by atoms with E-state index in [1.165, 1.54) is 7.11 Å². The number of ether oxygens (including phenoxy) is 2. The molecular weight excluding hydrogens is 206 g/mol. The Labute approximate surface area is 97.0 Å². The third-order valence-corrected chi connectivity index (χ3v) is 2.83. The smallest absolute Gasteiger partial charge is 0.333 e. The number of methoxy groups -OCH3 is 1. The van der Waals surface area contributed by atoms with E-state index in [1.54, 1.807) is 6.92 Å². The lowest BCUT2D eigenvalue weighted by molar-refractivity contribution is -0.136. The normalized spacial score (nSPS) is 18.5. The van der Waals surface area contributed by atoms with Crippen LogP contribution in [-0.4, -0.2) is 39.4 Å². The molecule has 0 bridgehead atoms. The highest BCUT2D eigenvalue weighted by atomic mass is 16.5. The topological polar surface area (TPSA) is 47.6 Å². The van der Waals surface area contributed by atoms with Crippen LogP contribution < -0.4 is 5.32 Å². The van der Waals surface area contributed by atoms with Gasteiger partial charge in [0.15, 0.2) is 0 Å². The second kappa shape index (κ2) is 7.41. The fraction of sp³-hybridized carbons (Fsp3) is 0.750. The average Bonchev–Trinajstić information content (AvgIpc) is 2.34. The highest BCUT2D eigenvalue weighted by molar-refractivity contribution is 5.87. The Morgan fingerprint density at radius 3 is 2.81 bits per heavy atom. The third-order valence-electron chi connectivity index (χ3n) is 2.83. The number of carbonyl (C=O) groups excluding carboxylic acids is 1. The number of nitrogens with one attached hydrogen (secondary N) is 1. The van der Waals surface area contributed by atoms with E-state index in [1.807, 2.05) is 6.08 Å². The molecule has 4 heteroatoms. The molecular formula is C12H21NO3. The first-order valence-corrected chi connectivity index (χ1v) is 5.77. The molecule has 4 nitrogen and oxygen atoms in total. The minimum Gasteiger partial charge on any atom is -0.466 e. The molecule has 0 radical (unpaired) electrons. The van der Waals surface area contributed by atoms with Gasteiger partial charge in [0.05, 0.1) is 7.11 Å². The minimum absolute atomic E-state index is 0.257. The number of hydrogen-bond donors (Lipinski definition) is 1. The molecule has 1 aliphatic rings. The molecule has 16 heavy (non-hydrogen) atoms. The van der Waals surface area contributed by atoms with Crippen molar-refractivity contribution in [2.24, 2.45) is 5.92 Å². The van der Waals surface area contributed by atoms with Gasteiger partial charge < -0.3 is 14.8 Å². The maximum absolute atomic E-state index is 11.1. The summed E-state index contributed by atoms with van der Waals surface area (Å²) in [4.78, 5) is 11.1. The maximum atomic E-state index is 11.1. The molecule has 1 heterocycles. The lowest BCUT2D eigenvalue weighted by Gasteiger charge is -2.21. The zero-order valence-electron chi connectivity index (χ0n) is 10.1. The number of esters is 1. The van der Waals surface area contributed by atoms with Crippen molar-refractivity contribution in [3.63, 3.8) is 0 Å². The fourth-order valence-electron chi connectivity index (χ4n) is 1.71. The van der Waals surface area contributed by atoms with Crippen LogP contribution in [0.25, 0.3) is 0 Å². The highest BCUT2D eigenvalue weighted by Gasteiger charge is 2.12. The van der Waals surface area contributed by atoms with Gasteiger partial charge in [-0.2, -0.15) is 0 Å². The van der Waals surface area contributed by atoms with E-state index in [-0.39, 0.29) is 5.97 Å². The molecule has 0 aromatic carbocycles. The summed E-state index contributed by atoms with van der Waals surface area (Å²) in [7, 11) is 1.40. The van der Waals surface area contributed by atoms with Crippen LogP contribution in [0.3, 0.4) is 0 Å². The van der Waals surface area contributed by atoms with E-state index in [9.17, 15) is 4.79 Å². The minimum atomic E-state index is -0.257. The Bertz CT molecular complexity index is 245. The number of rotatable bonds is 5. The second-order valence-corrected chi connectivity index (χ2v) is 4.09. The molecule has 0 aromatic rings. The largest absolute Gasteiger partial charge is 0.466 e. The standard InChI is InChI=1S/C12H21NO3/c1-10(12(14)15-2)3-6-13-9-11-4-7-16-8-5-11/h3,11,13H,4-9H2,1-2H3. The van der Waals surface area contributed by atoms with Crippen molar-refractivity contribution >= 4 is 5.97 Å². The summed E-state index contributed by atoms with van der Waals surface area (Å²) in [6, 6.07) is 0. The van der Waals surface area contributed by atoms with Gasteiger partial charge in [0.2, 0.25) is 0 Å². The van der Waals surface area contributed by atoms with E-state index < -0.39 is 0 Å². The zero-order valence-corrected chi connectivity index (χ0v) is 10.1. The molecule has 1 aliphatic heterocycles. The van der Waals surface area contributed by atoms with Crippen LogP contribution >= 0.6 is 0 Å². The molecule has 0 aliphatic carbocycles. The van der Waals surface area contributed by atoms with Gasteiger partial charge in [-0.3, -0.25) is 0 Å². The Morgan fingerprint density at radius 2 is 2.19 bits per heavy atom. The summed E-state index contributed by atoms with van der Waals surface area (Å²) in [6.07, 6.45) is 4.13. The quantitative estimate of drug-likeness (QED) is 0.434. The first-order valence-electron chi connectivity index (χ1n) is 5.77. The SMILES string of the molecule is COC(=O)C(C)=CCNCC1CCOCC1. The average molecular weight is 227 g/mol. The Morgan fingerprint density at radius 1 is 1.50 bits per heavy atom. The van der Waals surface area contributed by atoms with Gasteiger partial charge in [0.25, 0.3) is 0 Å². The molecule has 0 amide bonds. The monoisotopic (exact) mass is 227 g/mol. The zero-order chi connectivity index (χ0) is 11.8. The molecule has 1 rings (SSSR count). The van der Waals surface area contributed by atoms with E-state index in [0.717, 1.165) is 39.1 Å². The molecule has 0 unspecified atom stereocenters. The van der Waals surface area contributed by atoms with Crippen molar-refractivity contribution in [3.05, 3.63) is 11.6 Å². The molecule has 0 atom stereocenters. The van der Waals surface area contributed by atoms with E-state index in [4.69, 9.17) is 4.74 Å². The van der Waals surface area contributed by atoms with E-state index in [0.29, 0.717) is 11.5 Å². The van der Waals surface area contributed by atoms with Crippen LogP contribution in [-0.2, 0) is 14.3 Å². The van der Waals surface area contributed by atoms with Gasteiger partial charge in [-0.25, -0.2) is 4.79 Å². The molecule has 0 saturated carbocycles. The molecule has 1 fully saturated rings. The third kappa shape index (κ3) is 4.77. The first kappa shape index (κ1) is 13.2. The molecule has 0 spiro atoms. The lowest BCUT2D eigenvalue weighted by atomic mass is 10.0. The van der Waals surface area contributed by atoms with Crippen LogP contribution in [0.5, 0.6) is 0 Å². The van der Waals surface area contributed by atoms with Crippen molar-refractivity contribution in [1.82, 2.24) is 5.32 Å². The van der Waals surface area contributed by atoms with Crippen molar-refractivity contribution in [2.75, 3.05) is 33.4 Å². The number of carbonyl (C=O) groups is 1. The summed E-state index contributed by atoms with van der Waals surface area (Å²) in [5.74, 6) is 0.452. The summed E-state index contributed by atoms with van der Waals surface area (Å²) < 4.78 is 9.90. The van der Waals surface area contributed by atoms with Gasteiger partial charge >= 0.3 is 5.97 Å². The Balaban J connectivity index is 2.12. The Kier molecular flexibility index (Phi) is 6.11. The van der Waals surface area contributed by atoms with E-state index in [2.05, 4.69) is 10.1 Å². The second-order valence-electron chi connectivity index (χ2n) is 4.09. The van der Waals surface area contributed by atoms with Gasteiger partial charge in [-0.05, 0) is 32.2 Å². The van der Waals surface area contributed by atoms with Crippen molar-refractivity contribution in [3.8, 4) is 0 Å². The molecule has 92 valence electrons. The van der Waals surface area contributed by atoms with Crippen LogP contribution in [0.2, 0.25) is 0 Å². The molecule has 1 saturated heterocycles. The van der Waals surface area contributed by atoms with Crippen molar-refractivity contribution < 1.29 is 14.3 Å². The van der Waals surface area contributed by atoms with Crippen LogP contribution in [0.15, 0.2) is 11.6 Å². The van der Waals surface area contributed by atoms with Crippen LogP contribution in [0, 0.1) is 5.92 Å². The maximum Gasteiger partial charge on any atom is 0.333 e. The number of hydrogen-bond acceptors (Lipinski definition) is 4. The predicted molar refractivity (Wildman–Crippen MR) is 62.2 cm³/mol. The van der Waals surface area contributed by atoms with Gasteiger partial charge in [-0.1, -0.05) is 6.08 Å². The predicted octanol–water partition coefficient (Wildman–Crippen LogP) is 1.12. The molecule has 0 aromatic heterocycles.